The summed E-state index contributed by atoms with van der Waals surface area (Å²) in [5.41, 5.74) is 7.88. The summed E-state index contributed by atoms with van der Waals surface area (Å²) in [5.74, 6) is 0. The molecule has 2 nitrogen and oxygen atoms in total. The summed E-state index contributed by atoms with van der Waals surface area (Å²) in [6.45, 7) is 0.572. The number of hydrogen-bond donors (Lipinski definition) is 1. The molecule has 0 aliphatic rings. The third-order valence-corrected chi connectivity index (χ3v) is 2.68. The average molecular weight is 229 g/mol. The van der Waals surface area contributed by atoms with E-state index in [9.17, 15) is 0 Å². The standard InChI is InChI=1S/C9H13BrN2/c1-12(2)8-5-3-4-7(6-11)9(8)10/h3-5H,6,11H2,1-2H3. The summed E-state index contributed by atoms with van der Waals surface area (Å²) in [6.07, 6.45) is 0. The Morgan fingerprint density at radius 2 is 2.08 bits per heavy atom. The van der Waals surface area contributed by atoms with E-state index in [1.54, 1.807) is 0 Å². The molecule has 0 spiro atoms. The van der Waals surface area contributed by atoms with Gasteiger partial charge in [-0.1, -0.05) is 12.1 Å². The second kappa shape index (κ2) is 3.92. The van der Waals surface area contributed by atoms with Crippen LogP contribution < -0.4 is 10.6 Å². The van der Waals surface area contributed by atoms with Crippen molar-refractivity contribution in [3.8, 4) is 0 Å². The molecule has 0 fully saturated rings. The number of hydrogen-bond acceptors (Lipinski definition) is 2. The minimum absolute atomic E-state index is 0.572. The van der Waals surface area contributed by atoms with Gasteiger partial charge in [-0.2, -0.15) is 0 Å². The maximum Gasteiger partial charge on any atom is 0.0508 e. The van der Waals surface area contributed by atoms with Crippen molar-refractivity contribution in [3.63, 3.8) is 0 Å². The smallest absolute Gasteiger partial charge is 0.0508 e. The molecule has 0 amide bonds. The van der Waals surface area contributed by atoms with Crippen molar-refractivity contribution in [2.24, 2.45) is 5.73 Å². The molecule has 0 aliphatic heterocycles. The van der Waals surface area contributed by atoms with Crippen molar-refractivity contribution in [2.45, 2.75) is 6.54 Å². The number of anilines is 1. The molecular formula is C9H13BrN2. The fourth-order valence-electron chi connectivity index (χ4n) is 1.07. The maximum atomic E-state index is 5.57. The van der Waals surface area contributed by atoms with Crippen LogP contribution in [0, 0.1) is 0 Å². The second-order valence-corrected chi connectivity index (χ2v) is 3.64. The van der Waals surface area contributed by atoms with Crippen LogP contribution in [0.2, 0.25) is 0 Å². The van der Waals surface area contributed by atoms with Crippen LogP contribution in [0.1, 0.15) is 5.56 Å². The molecule has 0 atom stereocenters. The molecule has 12 heavy (non-hydrogen) atoms. The van der Waals surface area contributed by atoms with Crippen LogP contribution in [-0.4, -0.2) is 14.1 Å². The third kappa shape index (κ3) is 1.79. The Morgan fingerprint density at radius 1 is 1.42 bits per heavy atom. The van der Waals surface area contributed by atoms with E-state index in [-0.39, 0.29) is 0 Å². The monoisotopic (exact) mass is 228 g/mol. The van der Waals surface area contributed by atoms with Crippen molar-refractivity contribution in [1.29, 1.82) is 0 Å². The molecule has 0 radical (unpaired) electrons. The zero-order valence-corrected chi connectivity index (χ0v) is 8.93. The van der Waals surface area contributed by atoms with E-state index in [0.717, 1.165) is 15.7 Å². The van der Waals surface area contributed by atoms with Crippen molar-refractivity contribution < 1.29 is 0 Å². The Labute approximate surface area is 81.5 Å². The SMILES string of the molecule is CN(C)c1cccc(CN)c1Br. The normalized spacial score (nSPS) is 10.0. The molecule has 2 N–H and O–H groups in total. The van der Waals surface area contributed by atoms with Gasteiger partial charge in [0.25, 0.3) is 0 Å². The van der Waals surface area contributed by atoms with Crippen LogP contribution in [-0.2, 0) is 6.54 Å². The molecular weight excluding hydrogens is 216 g/mol. The minimum Gasteiger partial charge on any atom is -0.377 e. The highest BCUT2D eigenvalue weighted by Gasteiger charge is 2.04. The first-order valence-corrected chi connectivity index (χ1v) is 4.61. The zero-order chi connectivity index (χ0) is 9.14. The zero-order valence-electron chi connectivity index (χ0n) is 7.34. The molecule has 0 saturated heterocycles. The minimum atomic E-state index is 0.572. The highest BCUT2D eigenvalue weighted by Crippen LogP contribution is 2.27. The van der Waals surface area contributed by atoms with Gasteiger partial charge in [-0.25, -0.2) is 0 Å². The number of rotatable bonds is 2. The molecule has 1 aromatic rings. The molecule has 0 bridgehead atoms. The number of benzene rings is 1. The van der Waals surface area contributed by atoms with Crippen molar-refractivity contribution >= 4 is 21.6 Å². The van der Waals surface area contributed by atoms with Gasteiger partial charge >= 0.3 is 0 Å². The second-order valence-electron chi connectivity index (χ2n) is 2.85. The fraction of sp³-hybridized carbons (Fsp3) is 0.333. The lowest BCUT2D eigenvalue weighted by molar-refractivity contribution is 1.04. The molecule has 0 aliphatic carbocycles. The highest BCUT2D eigenvalue weighted by atomic mass is 79.9. The fourth-order valence-corrected chi connectivity index (χ4v) is 1.85. The maximum absolute atomic E-state index is 5.57. The number of nitrogens with zero attached hydrogens (tertiary/aromatic N) is 1. The lowest BCUT2D eigenvalue weighted by Gasteiger charge is -2.16. The molecule has 1 rings (SSSR count). The summed E-state index contributed by atoms with van der Waals surface area (Å²) in [5, 5.41) is 0. The Bertz CT molecular complexity index is 271. The Balaban J connectivity index is 3.14. The Kier molecular flexibility index (Phi) is 3.12. The lowest BCUT2D eigenvalue weighted by atomic mass is 10.2. The van der Waals surface area contributed by atoms with Gasteiger partial charge in [0.05, 0.1) is 5.69 Å². The topological polar surface area (TPSA) is 29.3 Å². The van der Waals surface area contributed by atoms with Crippen LogP contribution >= 0.6 is 15.9 Å². The van der Waals surface area contributed by atoms with E-state index in [0.29, 0.717) is 6.54 Å². The number of halogens is 1. The predicted octanol–water partition coefficient (Wildman–Crippen LogP) is 1.97. The molecule has 1 aromatic carbocycles. The van der Waals surface area contributed by atoms with Gasteiger partial charge in [-0.05, 0) is 27.6 Å². The van der Waals surface area contributed by atoms with Crippen LogP contribution in [0.15, 0.2) is 22.7 Å². The molecule has 0 aromatic heterocycles. The first-order valence-electron chi connectivity index (χ1n) is 3.81. The van der Waals surface area contributed by atoms with Crippen LogP contribution in [0.4, 0.5) is 5.69 Å². The van der Waals surface area contributed by atoms with Crippen molar-refractivity contribution in [2.75, 3.05) is 19.0 Å². The van der Waals surface area contributed by atoms with Gasteiger partial charge < -0.3 is 10.6 Å². The first kappa shape index (κ1) is 9.55. The van der Waals surface area contributed by atoms with E-state index >= 15 is 0 Å². The van der Waals surface area contributed by atoms with E-state index in [1.807, 2.05) is 26.2 Å². The van der Waals surface area contributed by atoms with Gasteiger partial charge in [0.1, 0.15) is 0 Å². The largest absolute Gasteiger partial charge is 0.377 e. The van der Waals surface area contributed by atoms with Gasteiger partial charge in [0.15, 0.2) is 0 Å². The van der Waals surface area contributed by atoms with Gasteiger partial charge in [0, 0.05) is 25.1 Å². The van der Waals surface area contributed by atoms with E-state index < -0.39 is 0 Å². The van der Waals surface area contributed by atoms with Crippen LogP contribution in [0.3, 0.4) is 0 Å². The first-order chi connectivity index (χ1) is 5.66. The quantitative estimate of drug-likeness (QED) is 0.840. The molecule has 0 saturated carbocycles. The highest BCUT2D eigenvalue weighted by molar-refractivity contribution is 9.10. The third-order valence-electron chi connectivity index (χ3n) is 1.76. The summed E-state index contributed by atoms with van der Waals surface area (Å²) in [7, 11) is 4.03. The van der Waals surface area contributed by atoms with Crippen LogP contribution in [0.25, 0.3) is 0 Å². The van der Waals surface area contributed by atoms with E-state index in [4.69, 9.17) is 5.73 Å². The van der Waals surface area contributed by atoms with Gasteiger partial charge in [0.2, 0.25) is 0 Å². The van der Waals surface area contributed by atoms with Crippen molar-refractivity contribution in [3.05, 3.63) is 28.2 Å². The average Bonchev–Trinajstić information content (AvgIpc) is 2.04. The lowest BCUT2D eigenvalue weighted by Crippen LogP contribution is -2.10. The van der Waals surface area contributed by atoms with E-state index in [1.165, 1.54) is 0 Å². The summed E-state index contributed by atoms with van der Waals surface area (Å²) >= 11 is 3.52. The molecule has 0 heterocycles. The van der Waals surface area contributed by atoms with Gasteiger partial charge in [-0.15, -0.1) is 0 Å². The summed E-state index contributed by atoms with van der Waals surface area (Å²) in [6, 6.07) is 6.10. The van der Waals surface area contributed by atoms with Crippen LogP contribution in [0.5, 0.6) is 0 Å². The predicted molar refractivity (Wildman–Crippen MR) is 56.4 cm³/mol. The summed E-state index contributed by atoms with van der Waals surface area (Å²) in [4.78, 5) is 2.06. The van der Waals surface area contributed by atoms with E-state index in [2.05, 4.69) is 26.9 Å². The van der Waals surface area contributed by atoms with Crippen molar-refractivity contribution in [1.82, 2.24) is 0 Å². The van der Waals surface area contributed by atoms with Gasteiger partial charge in [-0.3, -0.25) is 0 Å². The Hall–Kier alpha value is -0.540. The molecule has 66 valence electrons. The molecule has 3 heteroatoms. The molecule has 0 unspecified atom stereocenters. The Morgan fingerprint density at radius 3 is 2.58 bits per heavy atom. The number of nitrogens with two attached hydrogens (primary N) is 1. The summed E-state index contributed by atoms with van der Waals surface area (Å²) < 4.78 is 1.09.